The maximum Gasteiger partial charge on any atom is 0.272 e. The molecule has 0 saturated carbocycles. The highest BCUT2D eigenvalue weighted by Gasteiger charge is 2.16. The fourth-order valence-electron chi connectivity index (χ4n) is 2.30. The first-order chi connectivity index (χ1) is 11.5. The minimum atomic E-state index is -0.309. The molecule has 5 nitrogen and oxygen atoms in total. The van der Waals surface area contributed by atoms with Crippen molar-refractivity contribution in [3.05, 3.63) is 58.4 Å². The lowest BCUT2D eigenvalue weighted by Crippen LogP contribution is -2.31. The Morgan fingerprint density at radius 1 is 1.21 bits per heavy atom. The van der Waals surface area contributed by atoms with E-state index in [9.17, 15) is 9.59 Å². The van der Waals surface area contributed by atoms with Crippen molar-refractivity contribution in [1.29, 1.82) is 0 Å². The summed E-state index contributed by atoms with van der Waals surface area (Å²) in [6, 6.07) is 8.40. The maximum atomic E-state index is 12.5. The van der Waals surface area contributed by atoms with E-state index in [-0.39, 0.29) is 17.5 Å². The van der Waals surface area contributed by atoms with E-state index in [1.165, 1.54) is 12.3 Å². The van der Waals surface area contributed by atoms with Crippen molar-refractivity contribution in [2.24, 2.45) is 0 Å². The molecule has 0 fully saturated rings. The molecule has 0 saturated heterocycles. The summed E-state index contributed by atoms with van der Waals surface area (Å²) < 4.78 is 0. The van der Waals surface area contributed by atoms with Gasteiger partial charge in [-0.3, -0.25) is 14.6 Å². The Hall–Kier alpha value is -2.40. The van der Waals surface area contributed by atoms with Gasteiger partial charge in [-0.1, -0.05) is 17.7 Å². The van der Waals surface area contributed by atoms with Crippen LogP contribution in [0.2, 0.25) is 5.02 Å². The number of carbonyl (C=O) groups is 2. The number of amides is 2. The smallest absolute Gasteiger partial charge is 0.272 e. The van der Waals surface area contributed by atoms with Gasteiger partial charge in [-0.15, -0.1) is 0 Å². The van der Waals surface area contributed by atoms with Crippen molar-refractivity contribution >= 4 is 29.1 Å². The van der Waals surface area contributed by atoms with Crippen LogP contribution in [0.25, 0.3) is 0 Å². The normalized spacial score (nSPS) is 10.3. The largest absolute Gasteiger partial charge is 0.338 e. The monoisotopic (exact) mass is 345 g/mol. The van der Waals surface area contributed by atoms with Gasteiger partial charge in [0.15, 0.2) is 0 Å². The summed E-state index contributed by atoms with van der Waals surface area (Å²) in [5.41, 5.74) is 2.07. The molecule has 0 unspecified atom stereocenters. The van der Waals surface area contributed by atoms with Crippen molar-refractivity contribution in [3.63, 3.8) is 0 Å². The molecule has 2 aromatic rings. The molecule has 0 aliphatic carbocycles. The second-order valence-corrected chi connectivity index (χ2v) is 5.68. The van der Waals surface area contributed by atoms with E-state index in [2.05, 4.69) is 10.3 Å². The molecule has 1 heterocycles. The van der Waals surface area contributed by atoms with Gasteiger partial charge in [-0.25, -0.2) is 0 Å². The molecule has 0 aliphatic rings. The lowest BCUT2D eigenvalue weighted by atomic mass is 10.1. The van der Waals surface area contributed by atoms with Crippen LogP contribution in [0.3, 0.4) is 0 Å². The number of carbonyl (C=O) groups excluding carboxylic acids is 2. The molecule has 0 bridgehead atoms. The molecule has 0 atom stereocenters. The number of aromatic nitrogens is 1. The lowest BCUT2D eigenvalue weighted by molar-refractivity contribution is 0.0767. The molecule has 6 heteroatoms. The first-order valence-electron chi connectivity index (χ1n) is 7.79. The second kappa shape index (κ2) is 7.93. The minimum Gasteiger partial charge on any atom is -0.338 e. The number of halogens is 1. The number of nitrogens with one attached hydrogen (secondary N) is 1. The quantitative estimate of drug-likeness (QED) is 0.897. The molecule has 2 rings (SSSR count). The van der Waals surface area contributed by atoms with Gasteiger partial charge >= 0.3 is 0 Å². The van der Waals surface area contributed by atoms with E-state index in [0.29, 0.717) is 29.4 Å². The molecule has 2 amide bonds. The third-order valence-electron chi connectivity index (χ3n) is 3.81. The van der Waals surface area contributed by atoms with E-state index in [1.54, 1.807) is 29.2 Å². The minimum absolute atomic E-state index is 0.186. The Balaban J connectivity index is 2.23. The summed E-state index contributed by atoms with van der Waals surface area (Å²) in [4.78, 5) is 30.6. The van der Waals surface area contributed by atoms with Gasteiger partial charge in [-0.05, 0) is 50.6 Å². The average Bonchev–Trinajstić information content (AvgIpc) is 2.60. The zero-order chi connectivity index (χ0) is 17.7. The molecule has 1 N–H and O–H groups in total. The first-order valence-corrected chi connectivity index (χ1v) is 8.17. The number of rotatable bonds is 5. The fraction of sp³-hybridized carbons (Fsp3) is 0.278. The highest BCUT2D eigenvalue weighted by molar-refractivity contribution is 6.31. The van der Waals surface area contributed by atoms with E-state index in [0.717, 1.165) is 5.56 Å². The fourth-order valence-corrected chi connectivity index (χ4v) is 2.47. The summed E-state index contributed by atoms with van der Waals surface area (Å²) in [5, 5.41) is 3.40. The zero-order valence-electron chi connectivity index (χ0n) is 14.0. The van der Waals surface area contributed by atoms with E-state index in [1.807, 2.05) is 20.8 Å². The summed E-state index contributed by atoms with van der Waals surface area (Å²) in [7, 11) is 0. The van der Waals surface area contributed by atoms with Crippen LogP contribution in [0.5, 0.6) is 0 Å². The van der Waals surface area contributed by atoms with Gasteiger partial charge in [0.25, 0.3) is 11.8 Å². The molecule has 24 heavy (non-hydrogen) atoms. The molecule has 1 aromatic heterocycles. The van der Waals surface area contributed by atoms with Gasteiger partial charge in [0.2, 0.25) is 0 Å². The Kier molecular flexibility index (Phi) is 5.93. The van der Waals surface area contributed by atoms with Gasteiger partial charge in [0.1, 0.15) is 5.69 Å². The Morgan fingerprint density at radius 3 is 2.58 bits per heavy atom. The van der Waals surface area contributed by atoms with Crippen LogP contribution >= 0.6 is 11.6 Å². The number of pyridine rings is 1. The average molecular weight is 346 g/mol. The molecular weight excluding hydrogens is 326 g/mol. The predicted molar refractivity (Wildman–Crippen MR) is 95.6 cm³/mol. The number of hydrogen-bond donors (Lipinski definition) is 1. The van der Waals surface area contributed by atoms with Crippen LogP contribution in [0.1, 0.15) is 40.3 Å². The summed E-state index contributed by atoms with van der Waals surface area (Å²) in [6.45, 7) is 6.82. The van der Waals surface area contributed by atoms with Crippen LogP contribution in [-0.4, -0.2) is 34.8 Å². The van der Waals surface area contributed by atoms with Gasteiger partial charge in [-0.2, -0.15) is 0 Å². The SMILES string of the molecule is CCN(CC)C(=O)c1cc(C(=O)Nc2cccc(Cl)c2C)ccn1. The second-order valence-electron chi connectivity index (χ2n) is 5.27. The van der Waals surface area contributed by atoms with E-state index >= 15 is 0 Å². The predicted octanol–water partition coefficient (Wildman–Crippen LogP) is 3.78. The van der Waals surface area contributed by atoms with E-state index in [4.69, 9.17) is 11.6 Å². The zero-order valence-corrected chi connectivity index (χ0v) is 14.7. The number of anilines is 1. The highest BCUT2D eigenvalue weighted by atomic mass is 35.5. The van der Waals surface area contributed by atoms with Crippen molar-refractivity contribution in [2.75, 3.05) is 18.4 Å². The van der Waals surface area contributed by atoms with Crippen molar-refractivity contribution in [2.45, 2.75) is 20.8 Å². The van der Waals surface area contributed by atoms with Gasteiger partial charge < -0.3 is 10.2 Å². The van der Waals surface area contributed by atoms with Crippen molar-refractivity contribution in [3.8, 4) is 0 Å². The third kappa shape index (κ3) is 3.92. The van der Waals surface area contributed by atoms with Crippen molar-refractivity contribution in [1.82, 2.24) is 9.88 Å². The highest BCUT2D eigenvalue weighted by Crippen LogP contribution is 2.23. The number of benzene rings is 1. The molecule has 0 spiro atoms. The van der Waals surface area contributed by atoms with Crippen LogP contribution in [0.15, 0.2) is 36.5 Å². The Labute approximate surface area is 146 Å². The molecule has 1 aromatic carbocycles. The van der Waals surface area contributed by atoms with Crippen LogP contribution in [-0.2, 0) is 0 Å². The summed E-state index contributed by atoms with van der Waals surface area (Å²) >= 11 is 6.07. The first kappa shape index (κ1) is 17.9. The van der Waals surface area contributed by atoms with Crippen LogP contribution < -0.4 is 5.32 Å². The molecule has 0 radical (unpaired) electrons. The topological polar surface area (TPSA) is 62.3 Å². The maximum absolute atomic E-state index is 12.5. The standard InChI is InChI=1S/C18H20ClN3O2/c1-4-22(5-2)18(24)16-11-13(9-10-20-16)17(23)21-15-8-6-7-14(19)12(15)3/h6-11H,4-5H2,1-3H3,(H,21,23). The molecule has 126 valence electrons. The van der Waals surface area contributed by atoms with E-state index < -0.39 is 0 Å². The Morgan fingerprint density at radius 2 is 1.92 bits per heavy atom. The van der Waals surface area contributed by atoms with Gasteiger partial charge in [0, 0.05) is 35.6 Å². The summed E-state index contributed by atoms with van der Waals surface area (Å²) in [5.74, 6) is -0.495. The number of nitrogens with zero attached hydrogens (tertiary/aromatic N) is 2. The van der Waals surface area contributed by atoms with Crippen LogP contribution in [0.4, 0.5) is 5.69 Å². The Bertz CT molecular complexity index is 758. The third-order valence-corrected chi connectivity index (χ3v) is 4.22. The van der Waals surface area contributed by atoms with Crippen molar-refractivity contribution < 1.29 is 9.59 Å². The molecule has 0 aliphatic heterocycles. The summed E-state index contributed by atoms with van der Waals surface area (Å²) in [6.07, 6.45) is 1.47. The molecular formula is C18H20ClN3O2. The van der Waals surface area contributed by atoms with Crippen LogP contribution in [0, 0.1) is 6.92 Å². The lowest BCUT2D eigenvalue weighted by Gasteiger charge is -2.18. The number of hydrogen-bond acceptors (Lipinski definition) is 3. The van der Waals surface area contributed by atoms with Gasteiger partial charge in [0.05, 0.1) is 0 Å².